The smallest absolute Gasteiger partial charge is 0.289 e. The van der Waals surface area contributed by atoms with Gasteiger partial charge in [-0.15, -0.1) is 0 Å². The Bertz CT molecular complexity index is 844. The molecule has 0 unspecified atom stereocenters. The minimum Gasteiger partial charge on any atom is -0.459 e. The molecule has 148 valence electrons. The van der Waals surface area contributed by atoms with Crippen LogP contribution < -0.4 is 5.32 Å². The Hall–Kier alpha value is -2.56. The van der Waals surface area contributed by atoms with Crippen molar-refractivity contribution < 1.29 is 14.0 Å². The quantitative estimate of drug-likeness (QED) is 0.875. The number of carbonyl (C=O) groups excluding carboxylic acids is 2. The summed E-state index contributed by atoms with van der Waals surface area (Å²) in [5, 5.41) is 3.17. The lowest BCUT2D eigenvalue weighted by Gasteiger charge is -2.32. The molecule has 1 aromatic carbocycles. The number of benzene rings is 1. The molecule has 1 aliphatic heterocycles. The van der Waals surface area contributed by atoms with Crippen molar-refractivity contribution in [1.29, 1.82) is 0 Å². The molecule has 0 spiro atoms. The SMILES string of the molecule is C[C@@H](NC(=O)[C@H]1CCCN(C(=O)c2ccco2)C1)c1ccc2c(c1)CCCC2. The monoisotopic (exact) mass is 380 g/mol. The van der Waals surface area contributed by atoms with Gasteiger partial charge in [-0.1, -0.05) is 18.2 Å². The van der Waals surface area contributed by atoms with Crippen LogP contribution in [0.2, 0.25) is 0 Å². The van der Waals surface area contributed by atoms with Crippen molar-refractivity contribution in [3.05, 3.63) is 59.0 Å². The van der Waals surface area contributed by atoms with Gasteiger partial charge in [0, 0.05) is 13.1 Å². The van der Waals surface area contributed by atoms with E-state index in [0.717, 1.165) is 31.2 Å². The van der Waals surface area contributed by atoms with Crippen molar-refractivity contribution in [2.45, 2.75) is 51.5 Å². The molecule has 2 amide bonds. The van der Waals surface area contributed by atoms with Crippen LogP contribution in [0.1, 0.15) is 65.9 Å². The van der Waals surface area contributed by atoms with Crippen molar-refractivity contribution in [3.8, 4) is 0 Å². The molecule has 2 heterocycles. The highest BCUT2D eigenvalue weighted by Crippen LogP contribution is 2.26. The van der Waals surface area contributed by atoms with Crippen molar-refractivity contribution in [3.63, 3.8) is 0 Å². The molecule has 2 aliphatic rings. The first-order valence-corrected chi connectivity index (χ1v) is 10.4. The Morgan fingerprint density at radius 2 is 1.96 bits per heavy atom. The Kier molecular flexibility index (Phi) is 5.51. The van der Waals surface area contributed by atoms with Crippen molar-refractivity contribution in [2.75, 3.05) is 13.1 Å². The lowest BCUT2D eigenvalue weighted by Crippen LogP contribution is -2.45. The summed E-state index contributed by atoms with van der Waals surface area (Å²) in [6, 6.07) is 9.97. The zero-order valence-electron chi connectivity index (χ0n) is 16.4. The van der Waals surface area contributed by atoms with Crippen LogP contribution in [-0.4, -0.2) is 29.8 Å². The zero-order valence-corrected chi connectivity index (χ0v) is 16.4. The molecule has 0 saturated carbocycles. The number of likely N-dealkylation sites (tertiary alicyclic amines) is 1. The molecule has 0 bridgehead atoms. The van der Waals surface area contributed by atoms with Gasteiger partial charge in [0.1, 0.15) is 0 Å². The Morgan fingerprint density at radius 1 is 1.14 bits per heavy atom. The van der Waals surface area contributed by atoms with E-state index in [1.54, 1.807) is 17.0 Å². The summed E-state index contributed by atoms with van der Waals surface area (Å²) >= 11 is 0. The van der Waals surface area contributed by atoms with Gasteiger partial charge >= 0.3 is 0 Å². The lowest BCUT2D eigenvalue weighted by atomic mass is 9.89. The molecule has 1 fully saturated rings. The Labute approximate surface area is 166 Å². The first-order valence-electron chi connectivity index (χ1n) is 10.4. The molecule has 2 atom stereocenters. The average molecular weight is 380 g/mol. The molecule has 28 heavy (non-hydrogen) atoms. The van der Waals surface area contributed by atoms with Crippen LogP contribution in [0.25, 0.3) is 0 Å². The molecule has 5 nitrogen and oxygen atoms in total. The number of nitrogens with one attached hydrogen (secondary N) is 1. The second-order valence-electron chi connectivity index (χ2n) is 8.03. The number of amides is 2. The maximum atomic E-state index is 12.9. The molecule has 1 saturated heterocycles. The summed E-state index contributed by atoms with van der Waals surface area (Å²) in [7, 11) is 0. The number of nitrogens with zero attached hydrogens (tertiary/aromatic N) is 1. The molecule has 0 radical (unpaired) electrons. The van der Waals surface area contributed by atoms with Gasteiger partial charge in [-0.2, -0.15) is 0 Å². The Morgan fingerprint density at radius 3 is 2.75 bits per heavy atom. The maximum Gasteiger partial charge on any atom is 0.289 e. The molecule has 1 aromatic heterocycles. The van der Waals surface area contributed by atoms with E-state index in [0.29, 0.717) is 18.8 Å². The zero-order chi connectivity index (χ0) is 19.5. The van der Waals surface area contributed by atoms with Crippen LogP contribution in [0.15, 0.2) is 41.0 Å². The molecule has 2 aromatic rings. The standard InChI is InChI=1S/C23H28N2O3/c1-16(18-11-10-17-6-2-3-7-19(17)14-18)24-22(26)20-8-4-12-25(15-20)23(27)21-9-5-13-28-21/h5,9-11,13-14,16,20H,2-4,6-8,12,15H2,1H3,(H,24,26)/t16-,20+/m1/s1. The second-order valence-corrected chi connectivity index (χ2v) is 8.03. The third kappa shape index (κ3) is 3.98. The van der Waals surface area contributed by atoms with Crippen molar-refractivity contribution in [2.24, 2.45) is 5.92 Å². The number of carbonyl (C=O) groups is 2. The minimum atomic E-state index is -0.173. The third-order valence-corrected chi connectivity index (χ3v) is 6.04. The maximum absolute atomic E-state index is 12.9. The minimum absolute atomic E-state index is 0.0298. The van der Waals surface area contributed by atoms with Crippen LogP contribution in [0.3, 0.4) is 0 Å². The highest BCUT2D eigenvalue weighted by molar-refractivity contribution is 5.92. The van der Waals surface area contributed by atoms with Gasteiger partial charge in [0.05, 0.1) is 18.2 Å². The number of hydrogen-bond acceptors (Lipinski definition) is 3. The largest absolute Gasteiger partial charge is 0.459 e. The van der Waals surface area contributed by atoms with E-state index >= 15 is 0 Å². The number of rotatable bonds is 4. The van der Waals surface area contributed by atoms with Crippen molar-refractivity contribution in [1.82, 2.24) is 10.2 Å². The van der Waals surface area contributed by atoms with Gasteiger partial charge in [-0.3, -0.25) is 9.59 Å². The van der Waals surface area contributed by atoms with E-state index in [4.69, 9.17) is 4.42 Å². The number of furan rings is 1. The van der Waals surface area contributed by atoms with Crippen molar-refractivity contribution >= 4 is 11.8 Å². The Balaban J connectivity index is 1.38. The topological polar surface area (TPSA) is 62.6 Å². The van der Waals surface area contributed by atoms with Gasteiger partial charge < -0.3 is 14.6 Å². The normalized spacial score (nSPS) is 20.3. The summed E-state index contributed by atoms with van der Waals surface area (Å²) in [5.74, 6) is 0.0589. The highest BCUT2D eigenvalue weighted by atomic mass is 16.3. The average Bonchev–Trinajstić information content (AvgIpc) is 3.27. The van der Waals surface area contributed by atoms with Crippen LogP contribution in [0, 0.1) is 5.92 Å². The number of hydrogen-bond donors (Lipinski definition) is 1. The third-order valence-electron chi connectivity index (χ3n) is 6.04. The van der Waals surface area contributed by atoms with E-state index in [1.165, 1.54) is 30.2 Å². The molecular formula is C23H28N2O3. The van der Waals surface area contributed by atoms with E-state index in [2.05, 4.69) is 23.5 Å². The molecule has 1 N–H and O–H groups in total. The summed E-state index contributed by atoms with van der Waals surface area (Å²) in [5.41, 5.74) is 4.04. The van der Waals surface area contributed by atoms with Gasteiger partial charge in [0.2, 0.25) is 5.91 Å². The van der Waals surface area contributed by atoms with Crippen LogP contribution in [0.4, 0.5) is 0 Å². The predicted octanol–water partition coefficient (Wildman–Crippen LogP) is 3.89. The first-order chi connectivity index (χ1) is 13.6. The highest BCUT2D eigenvalue weighted by Gasteiger charge is 2.30. The fourth-order valence-electron chi connectivity index (χ4n) is 4.37. The van der Waals surface area contributed by atoms with Crippen LogP contribution >= 0.6 is 0 Å². The fourth-order valence-corrected chi connectivity index (χ4v) is 4.37. The fraction of sp³-hybridized carbons (Fsp3) is 0.478. The number of fused-ring (bicyclic) bond motifs is 1. The summed E-state index contributed by atoms with van der Waals surface area (Å²) in [4.78, 5) is 27.1. The van der Waals surface area contributed by atoms with Gasteiger partial charge in [-0.25, -0.2) is 0 Å². The lowest BCUT2D eigenvalue weighted by molar-refractivity contribution is -0.127. The van der Waals surface area contributed by atoms with E-state index < -0.39 is 0 Å². The molecule has 5 heteroatoms. The van der Waals surface area contributed by atoms with Gasteiger partial charge in [0.15, 0.2) is 5.76 Å². The predicted molar refractivity (Wildman–Crippen MR) is 107 cm³/mol. The van der Waals surface area contributed by atoms with Crippen LogP contribution in [-0.2, 0) is 17.6 Å². The van der Waals surface area contributed by atoms with E-state index in [1.807, 2.05) is 6.92 Å². The molecular weight excluding hydrogens is 352 g/mol. The molecule has 4 rings (SSSR count). The second kappa shape index (κ2) is 8.21. The summed E-state index contributed by atoms with van der Waals surface area (Å²) in [6.07, 6.45) is 7.96. The van der Waals surface area contributed by atoms with E-state index in [-0.39, 0.29) is 23.8 Å². The molecule has 1 aliphatic carbocycles. The first kappa shape index (κ1) is 18.8. The number of piperidine rings is 1. The van der Waals surface area contributed by atoms with E-state index in [9.17, 15) is 9.59 Å². The summed E-state index contributed by atoms with van der Waals surface area (Å²) < 4.78 is 5.22. The van der Waals surface area contributed by atoms with Gasteiger partial charge in [-0.05, 0) is 74.3 Å². The summed E-state index contributed by atoms with van der Waals surface area (Å²) in [6.45, 7) is 3.16. The van der Waals surface area contributed by atoms with Crippen LogP contribution in [0.5, 0.6) is 0 Å². The van der Waals surface area contributed by atoms with Gasteiger partial charge in [0.25, 0.3) is 5.91 Å². The number of aryl methyl sites for hydroxylation is 2.